The molecule has 2 aliphatic heterocycles. The zero-order chi connectivity index (χ0) is 12.3. The van der Waals surface area contributed by atoms with Gasteiger partial charge < -0.3 is 0 Å². The number of amidine groups is 1. The van der Waals surface area contributed by atoms with Crippen molar-refractivity contribution < 1.29 is 14.3 Å². The maximum atomic E-state index is 11.6. The number of carbonyl (C=O) groups is 2. The van der Waals surface area contributed by atoms with Gasteiger partial charge in [-0.1, -0.05) is 0 Å². The van der Waals surface area contributed by atoms with Crippen LogP contribution in [0, 0.1) is 0 Å². The van der Waals surface area contributed by atoms with Crippen LogP contribution in [0.25, 0.3) is 0 Å². The average molecular weight is 301 g/mol. The number of nitrogens with zero attached hydrogens (tertiary/aromatic N) is 2. The molecule has 2 aliphatic rings. The monoisotopic (exact) mass is 302 g/mol. The molecular weight excluding hydrogens is 287 g/mol. The molecule has 0 aliphatic carbocycles. The third kappa shape index (κ3) is 2.95. The predicted molar refractivity (Wildman–Crippen MR) is 63.7 cm³/mol. The molecule has 0 atom stereocenters. The van der Waals surface area contributed by atoms with Crippen molar-refractivity contribution in [2.45, 2.75) is 19.3 Å². The van der Waals surface area contributed by atoms with E-state index in [-0.39, 0.29) is 20.9 Å². The number of amides is 1. The van der Waals surface area contributed by atoms with Gasteiger partial charge in [0, 0.05) is 0 Å². The third-order valence-electron chi connectivity index (χ3n) is 2.69. The topological polar surface area (TPSA) is 59.0 Å². The number of likely N-dealkylation sites (tertiary alicyclic amines) is 1. The molecule has 0 bridgehead atoms. The van der Waals surface area contributed by atoms with Gasteiger partial charge >= 0.3 is 106 Å². The van der Waals surface area contributed by atoms with E-state index in [1.807, 2.05) is 0 Å². The summed E-state index contributed by atoms with van der Waals surface area (Å²) in [5.41, 5.74) is 0. The molecule has 5 nitrogen and oxygen atoms in total. The van der Waals surface area contributed by atoms with Crippen LogP contribution in [0.2, 0.25) is 0 Å². The molecule has 0 radical (unpaired) electrons. The minimum atomic E-state index is -0.481. The van der Waals surface area contributed by atoms with Crippen molar-refractivity contribution in [3.05, 3.63) is 10.5 Å². The summed E-state index contributed by atoms with van der Waals surface area (Å²) < 4.78 is 5.87. The SMILES string of the molecule is COC(=O)/C=C1\[Se]C(N2CCCCC2)=NC1=O. The van der Waals surface area contributed by atoms with Crippen LogP contribution in [0.5, 0.6) is 0 Å². The Morgan fingerprint density at radius 1 is 1.41 bits per heavy atom. The normalized spacial score (nSPS) is 22.9. The zero-order valence-corrected chi connectivity index (χ0v) is 11.4. The molecule has 1 saturated heterocycles. The van der Waals surface area contributed by atoms with Gasteiger partial charge in [-0.25, -0.2) is 0 Å². The van der Waals surface area contributed by atoms with Crippen molar-refractivity contribution in [2.75, 3.05) is 20.2 Å². The first-order chi connectivity index (χ1) is 8.20. The summed E-state index contributed by atoms with van der Waals surface area (Å²) in [5, 5.41) is 0. The number of ether oxygens (including phenoxy) is 1. The van der Waals surface area contributed by atoms with Crippen molar-refractivity contribution >= 4 is 31.6 Å². The van der Waals surface area contributed by atoms with Crippen molar-refractivity contribution in [1.29, 1.82) is 0 Å². The third-order valence-corrected chi connectivity index (χ3v) is 4.88. The van der Waals surface area contributed by atoms with Gasteiger partial charge in [0.15, 0.2) is 0 Å². The Hall–Kier alpha value is -1.13. The van der Waals surface area contributed by atoms with Gasteiger partial charge in [0.25, 0.3) is 0 Å². The Morgan fingerprint density at radius 3 is 2.76 bits per heavy atom. The molecule has 17 heavy (non-hydrogen) atoms. The Bertz CT molecular complexity index is 398. The van der Waals surface area contributed by atoms with Crippen LogP contribution in [0.15, 0.2) is 15.5 Å². The molecule has 6 heteroatoms. The molecule has 2 heterocycles. The van der Waals surface area contributed by atoms with Crippen molar-refractivity contribution in [1.82, 2.24) is 4.90 Å². The molecule has 0 aromatic heterocycles. The first kappa shape index (κ1) is 12.3. The van der Waals surface area contributed by atoms with Crippen LogP contribution in [0.4, 0.5) is 0 Å². The molecule has 1 amide bonds. The first-order valence-corrected chi connectivity index (χ1v) is 7.27. The molecule has 1 fully saturated rings. The van der Waals surface area contributed by atoms with Crippen molar-refractivity contribution in [3.63, 3.8) is 0 Å². The minimum absolute atomic E-state index is 0.150. The van der Waals surface area contributed by atoms with Crippen LogP contribution in [0.3, 0.4) is 0 Å². The number of methoxy groups -OCH3 is 1. The number of esters is 1. The fourth-order valence-electron chi connectivity index (χ4n) is 1.78. The van der Waals surface area contributed by atoms with E-state index in [4.69, 9.17) is 0 Å². The summed E-state index contributed by atoms with van der Waals surface area (Å²) in [6.45, 7) is 1.94. The summed E-state index contributed by atoms with van der Waals surface area (Å²) in [7, 11) is 1.30. The van der Waals surface area contributed by atoms with E-state index in [0.717, 1.165) is 30.7 Å². The summed E-state index contributed by atoms with van der Waals surface area (Å²) in [5.74, 6) is -0.763. The van der Waals surface area contributed by atoms with E-state index in [2.05, 4.69) is 14.6 Å². The Kier molecular flexibility index (Phi) is 3.97. The van der Waals surface area contributed by atoms with Gasteiger partial charge in [0.1, 0.15) is 0 Å². The average Bonchev–Trinajstić information content (AvgIpc) is 2.72. The van der Waals surface area contributed by atoms with E-state index in [0.29, 0.717) is 4.47 Å². The second-order valence-electron chi connectivity index (χ2n) is 3.88. The summed E-state index contributed by atoms with van der Waals surface area (Å²) >= 11 is -0.150. The van der Waals surface area contributed by atoms with E-state index in [1.165, 1.54) is 19.6 Å². The summed E-state index contributed by atoms with van der Waals surface area (Å²) in [6, 6.07) is 0. The fourth-order valence-corrected chi connectivity index (χ4v) is 3.73. The van der Waals surface area contributed by atoms with Crippen LogP contribution >= 0.6 is 0 Å². The molecule has 0 saturated carbocycles. The summed E-state index contributed by atoms with van der Waals surface area (Å²) in [4.78, 5) is 28.9. The standard InChI is InChI=1S/C11H14N2O3Se/c1-16-9(14)7-8-10(15)12-11(17-8)13-5-3-2-4-6-13/h7H,2-6H2,1H3/b8-7-. The quantitative estimate of drug-likeness (QED) is 0.392. The zero-order valence-electron chi connectivity index (χ0n) is 9.64. The van der Waals surface area contributed by atoms with Gasteiger partial charge in [-0.05, 0) is 0 Å². The van der Waals surface area contributed by atoms with Gasteiger partial charge in [-0.3, -0.25) is 0 Å². The van der Waals surface area contributed by atoms with Crippen LogP contribution in [-0.2, 0) is 14.3 Å². The predicted octanol–water partition coefficient (Wildman–Crippen LogP) is 0.130. The number of hydrogen-bond donors (Lipinski definition) is 0. The number of rotatable bonds is 1. The van der Waals surface area contributed by atoms with Crippen molar-refractivity contribution in [2.24, 2.45) is 4.99 Å². The molecule has 0 aromatic carbocycles. The first-order valence-electron chi connectivity index (χ1n) is 5.56. The van der Waals surface area contributed by atoms with Crippen LogP contribution in [0.1, 0.15) is 19.3 Å². The Morgan fingerprint density at radius 2 is 2.12 bits per heavy atom. The van der Waals surface area contributed by atoms with E-state index in [1.54, 1.807) is 0 Å². The van der Waals surface area contributed by atoms with E-state index in [9.17, 15) is 9.59 Å². The molecule has 0 N–H and O–H groups in total. The molecular formula is C11H14N2O3Se. The maximum absolute atomic E-state index is 11.6. The number of piperidine rings is 1. The van der Waals surface area contributed by atoms with Crippen LogP contribution in [-0.4, -0.2) is 56.7 Å². The van der Waals surface area contributed by atoms with E-state index < -0.39 is 5.97 Å². The second kappa shape index (κ2) is 5.47. The van der Waals surface area contributed by atoms with E-state index >= 15 is 0 Å². The van der Waals surface area contributed by atoms with Crippen molar-refractivity contribution in [3.8, 4) is 0 Å². The molecule has 0 unspecified atom stereocenters. The fraction of sp³-hybridized carbons (Fsp3) is 0.545. The number of aliphatic imine (C=N–C) groups is 1. The van der Waals surface area contributed by atoms with Gasteiger partial charge in [0.05, 0.1) is 0 Å². The number of carbonyl (C=O) groups excluding carboxylic acids is 2. The van der Waals surface area contributed by atoms with Gasteiger partial charge in [-0.15, -0.1) is 0 Å². The molecule has 0 aromatic rings. The second-order valence-corrected chi connectivity index (χ2v) is 6.00. The number of hydrogen-bond acceptors (Lipinski definition) is 4. The molecule has 92 valence electrons. The van der Waals surface area contributed by atoms with Crippen LogP contribution < -0.4 is 0 Å². The molecule has 0 spiro atoms. The Balaban J connectivity index is 2.04. The molecule has 2 rings (SSSR count). The Labute approximate surface area is 106 Å². The summed E-state index contributed by atoms with van der Waals surface area (Å²) in [6.07, 6.45) is 4.82. The van der Waals surface area contributed by atoms with Gasteiger partial charge in [-0.2, -0.15) is 0 Å². The van der Waals surface area contributed by atoms with Gasteiger partial charge in [0.2, 0.25) is 0 Å².